The average molecular weight is 377 g/mol. The van der Waals surface area contributed by atoms with Gasteiger partial charge >= 0.3 is 0 Å². The van der Waals surface area contributed by atoms with Gasteiger partial charge in [-0.1, -0.05) is 24.3 Å². The van der Waals surface area contributed by atoms with Crippen LogP contribution in [0.4, 0.5) is 5.95 Å². The molecule has 1 atom stereocenters. The van der Waals surface area contributed by atoms with E-state index in [9.17, 15) is 4.79 Å². The van der Waals surface area contributed by atoms with E-state index in [4.69, 9.17) is 20.5 Å². The molecule has 3 N–H and O–H groups in total. The molecule has 1 unspecified atom stereocenters. The van der Waals surface area contributed by atoms with Crippen LogP contribution in [0.15, 0.2) is 30.5 Å². The molecule has 0 saturated heterocycles. The number of hydrogen-bond donors (Lipinski definition) is 3. The number of nitrogens with one attached hydrogen (secondary N) is 3. The maximum absolute atomic E-state index is 10.5. The molecule has 4 rings (SSSR count). The number of carbonyl (C=O) groups excluding carboxylic acids is 1. The molecule has 0 aliphatic heterocycles. The van der Waals surface area contributed by atoms with Gasteiger partial charge in [0, 0.05) is 23.5 Å². The molecular weight excluding hydrogens is 354 g/mol. The topological polar surface area (TPSA) is 112 Å². The van der Waals surface area contributed by atoms with Crippen molar-refractivity contribution in [3.63, 3.8) is 0 Å². The number of hydrogen-bond acceptors (Lipinski definition) is 7. The van der Waals surface area contributed by atoms with Crippen LogP contribution in [-0.2, 0) is 28.8 Å². The van der Waals surface area contributed by atoms with Crippen molar-refractivity contribution in [2.24, 2.45) is 0 Å². The second kappa shape index (κ2) is 7.88. The van der Waals surface area contributed by atoms with Crippen LogP contribution < -0.4 is 5.32 Å². The van der Waals surface area contributed by atoms with E-state index in [1.165, 1.54) is 11.1 Å². The van der Waals surface area contributed by atoms with Crippen LogP contribution in [0.3, 0.4) is 0 Å². The molecule has 2 aliphatic carbocycles. The fourth-order valence-corrected chi connectivity index (χ4v) is 4.05. The fraction of sp³-hybridized carbons (Fsp3) is 0.381. The van der Waals surface area contributed by atoms with E-state index in [0.29, 0.717) is 18.3 Å². The lowest BCUT2D eigenvalue weighted by Crippen LogP contribution is -2.25. The third-order valence-electron chi connectivity index (χ3n) is 5.38. The molecule has 1 aromatic heterocycles. The van der Waals surface area contributed by atoms with Crippen molar-refractivity contribution in [3.05, 3.63) is 52.8 Å². The number of fused-ring (bicyclic) bond motifs is 2. The van der Waals surface area contributed by atoms with Gasteiger partial charge in [0.25, 0.3) is 0 Å². The number of anilines is 1. The first-order valence-electron chi connectivity index (χ1n) is 9.60. The Balaban J connectivity index is 1.45. The minimum atomic E-state index is -0.263. The van der Waals surface area contributed by atoms with Crippen molar-refractivity contribution >= 4 is 24.0 Å². The van der Waals surface area contributed by atoms with Crippen LogP contribution >= 0.6 is 0 Å². The van der Waals surface area contributed by atoms with E-state index in [0.717, 1.165) is 43.4 Å². The number of aromatic nitrogens is 2. The van der Waals surface area contributed by atoms with Gasteiger partial charge in [-0.15, -0.1) is 0 Å². The number of nitrogens with zero attached hydrogens (tertiary/aromatic N) is 2. The fourth-order valence-electron chi connectivity index (χ4n) is 4.05. The summed E-state index contributed by atoms with van der Waals surface area (Å²) in [7, 11) is 0. The Kier molecular flexibility index (Phi) is 5.14. The Labute approximate surface area is 163 Å². The summed E-state index contributed by atoms with van der Waals surface area (Å²) >= 11 is 0. The molecule has 7 nitrogen and oxygen atoms in total. The largest absolute Gasteiger partial charge is 0.429 e. The highest BCUT2D eigenvalue weighted by Gasteiger charge is 2.28. The second-order valence-corrected chi connectivity index (χ2v) is 7.32. The summed E-state index contributed by atoms with van der Waals surface area (Å²) < 4.78 is 5.22. The molecule has 1 aromatic carbocycles. The van der Waals surface area contributed by atoms with E-state index in [1.54, 1.807) is 6.20 Å². The van der Waals surface area contributed by atoms with Crippen molar-refractivity contribution in [2.75, 3.05) is 5.32 Å². The maximum Gasteiger partial charge on any atom is 0.223 e. The van der Waals surface area contributed by atoms with E-state index in [2.05, 4.69) is 34.6 Å². The first-order valence-corrected chi connectivity index (χ1v) is 9.60. The molecule has 7 heteroatoms. The van der Waals surface area contributed by atoms with E-state index >= 15 is 0 Å². The van der Waals surface area contributed by atoms with Gasteiger partial charge < -0.3 is 14.8 Å². The lowest BCUT2D eigenvalue weighted by atomic mass is 9.86. The Morgan fingerprint density at radius 2 is 2.00 bits per heavy atom. The second-order valence-electron chi connectivity index (χ2n) is 7.32. The molecule has 2 aliphatic rings. The Morgan fingerprint density at radius 3 is 2.71 bits per heavy atom. The van der Waals surface area contributed by atoms with Crippen molar-refractivity contribution in [1.82, 2.24) is 9.97 Å². The molecule has 144 valence electrons. The normalized spacial score (nSPS) is 18.1. The zero-order chi connectivity index (χ0) is 19.5. The third kappa shape index (κ3) is 3.78. The smallest absolute Gasteiger partial charge is 0.223 e. The van der Waals surface area contributed by atoms with Gasteiger partial charge in [-0.05, 0) is 43.2 Å². The van der Waals surface area contributed by atoms with Gasteiger partial charge in [0.05, 0.1) is 12.3 Å². The van der Waals surface area contributed by atoms with E-state index in [-0.39, 0.29) is 24.1 Å². The zero-order valence-corrected chi connectivity index (χ0v) is 15.6. The summed E-state index contributed by atoms with van der Waals surface area (Å²) in [5.74, 6) is 0.148. The lowest BCUT2D eigenvalue weighted by Gasteiger charge is -2.25. The summed E-state index contributed by atoms with van der Waals surface area (Å²) in [6.07, 6.45) is 6.69. The van der Waals surface area contributed by atoms with Gasteiger partial charge in [0.15, 0.2) is 11.8 Å². The number of ether oxygens (including phenoxy) is 1. The molecule has 0 spiro atoms. The molecule has 2 aromatic rings. The summed E-state index contributed by atoms with van der Waals surface area (Å²) in [5, 5.41) is 19.2. The number of rotatable bonds is 5. The number of carbonyl (C=O) groups is 1. The summed E-state index contributed by atoms with van der Waals surface area (Å²) in [5.41, 5.74) is 4.57. The molecule has 0 bridgehead atoms. The van der Waals surface area contributed by atoms with Crippen molar-refractivity contribution in [1.29, 1.82) is 10.8 Å². The Morgan fingerprint density at radius 1 is 1.25 bits per heavy atom. The average Bonchev–Trinajstić information content (AvgIpc) is 3.09. The SMILES string of the molecule is N=C(CC=O)OC(=N)C1CCCc2nc(NC3Cc4ccccc4C3)ncc21. The van der Waals surface area contributed by atoms with Gasteiger partial charge in [-0.3, -0.25) is 10.8 Å². The highest BCUT2D eigenvalue weighted by Crippen LogP contribution is 2.32. The zero-order valence-electron chi connectivity index (χ0n) is 15.6. The maximum atomic E-state index is 10.5. The first kappa shape index (κ1) is 18.3. The van der Waals surface area contributed by atoms with Crippen molar-refractivity contribution in [3.8, 4) is 0 Å². The Bertz CT molecular complexity index is 902. The first-order chi connectivity index (χ1) is 13.6. The summed E-state index contributed by atoms with van der Waals surface area (Å²) in [6.45, 7) is 0. The number of aryl methyl sites for hydroxylation is 1. The minimum Gasteiger partial charge on any atom is -0.429 e. The number of benzene rings is 1. The molecular formula is C21H23N5O2. The van der Waals surface area contributed by atoms with Crippen LogP contribution in [-0.4, -0.2) is 34.1 Å². The van der Waals surface area contributed by atoms with E-state index in [1.807, 2.05) is 0 Å². The minimum absolute atomic E-state index is 0.0108. The third-order valence-corrected chi connectivity index (χ3v) is 5.38. The van der Waals surface area contributed by atoms with Crippen LogP contribution in [0.2, 0.25) is 0 Å². The standard InChI is InChI=1S/C21H23N5O2/c22-19(8-9-27)28-20(23)16-6-3-7-18-17(16)12-24-21(26-18)25-15-10-13-4-1-2-5-14(13)11-15/h1-2,4-5,9,12,15-16,22-23H,3,6-8,10-11H2,(H,24,25,26). The monoisotopic (exact) mass is 377 g/mol. The molecule has 0 amide bonds. The highest BCUT2D eigenvalue weighted by molar-refractivity contribution is 5.96. The van der Waals surface area contributed by atoms with Crippen LogP contribution in [0.5, 0.6) is 0 Å². The van der Waals surface area contributed by atoms with Crippen molar-refractivity contribution < 1.29 is 9.53 Å². The van der Waals surface area contributed by atoms with Crippen LogP contribution in [0, 0.1) is 10.8 Å². The highest BCUT2D eigenvalue weighted by atomic mass is 16.5. The lowest BCUT2D eigenvalue weighted by molar-refractivity contribution is -0.107. The van der Waals surface area contributed by atoms with Gasteiger partial charge in [-0.25, -0.2) is 9.97 Å². The van der Waals surface area contributed by atoms with Gasteiger partial charge in [0.1, 0.15) is 6.29 Å². The molecule has 1 heterocycles. The number of aldehydes is 1. The molecule has 0 fully saturated rings. The predicted octanol–water partition coefficient (Wildman–Crippen LogP) is 3.04. The summed E-state index contributed by atoms with van der Waals surface area (Å²) in [6, 6.07) is 8.78. The molecule has 0 radical (unpaired) electrons. The van der Waals surface area contributed by atoms with Crippen molar-refractivity contribution in [2.45, 2.75) is 50.5 Å². The van der Waals surface area contributed by atoms with Crippen LogP contribution in [0.25, 0.3) is 0 Å². The molecule has 28 heavy (non-hydrogen) atoms. The summed E-state index contributed by atoms with van der Waals surface area (Å²) in [4.78, 5) is 19.7. The van der Waals surface area contributed by atoms with Crippen LogP contribution in [0.1, 0.15) is 47.6 Å². The van der Waals surface area contributed by atoms with Gasteiger partial charge in [0.2, 0.25) is 5.95 Å². The molecule has 0 saturated carbocycles. The predicted molar refractivity (Wildman–Crippen MR) is 106 cm³/mol. The van der Waals surface area contributed by atoms with Gasteiger partial charge in [-0.2, -0.15) is 0 Å². The Hall–Kier alpha value is -3.09. The quantitative estimate of drug-likeness (QED) is 0.421. The van der Waals surface area contributed by atoms with E-state index < -0.39 is 0 Å².